The summed E-state index contributed by atoms with van der Waals surface area (Å²) < 4.78 is 32.3. The number of fused-ring (bicyclic) bond motifs is 1. The number of rotatable bonds is 5. The number of methoxy groups -OCH3 is 1. The summed E-state index contributed by atoms with van der Waals surface area (Å²) in [5.41, 5.74) is 5.71. The molecular formula is C17H14ClN3O6S. The summed E-state index contributed by atoms with van der Waals surface area (Å²) in [7, 11) is -2.89. The molecule has 0 unspecified atom stereocenters. The third-order valence-electron chi connectivity index (χ3n) is 3.95. The van der Waals surface area contributed by atoms with Crippen LogP contribution in [0.2, 0.25) is 5.02 Å². The SMILES string of the molecule is COC(=O)c1c[nH]c2cc(NS(=O)(=O)c3cc(Cl)c(O)c(C(N)=O)c3)ccc12. The predicted octanol–water partition coefficient (Wildman–Crippen LogP) is 2.21. The van der Waals surface area contributed by atoms with E-state index in [1.165, 1.54) is 25.4 Å². The number of aromatic hydroxyl groups is 1. The molecule has 0 aliphatic rings. The van der Waals surface area contributed by atoms with Crippen LogP contribution >= 0.6 is 11.6 Å². The highest BCUT2D eigenvalue weighted by molar-refractivity contribution is 7.92. The molecule has 1 amide bonds. The fourth-order valence-corrected chi connectivity index (χ4v) is 3.98. The Morgan fingerprint density at radius 2 is 1.93 bits per heavy atom. The molecular weight excluding hydrogens is 410 g/mol. The Hall–Kier alpha value is -3.24. The van der Waals surface area contributed by atoms with Crippen LogP contribution in [0, 0.1) is 0 Å². The van der Waals surface area contributed by atoms with Crippen molar-refractivity contribution in [2.45, 2.75) is 4.90 Å². The molecule has 0 saturated heterocycles. The summed E-state index contributed by atoms with van der Waals surface area (Å²) in [6, 6.07) is 6.41. The van der Waals surface area contributed by atoms with Gasteiger partial charge < -0.3 is 20.6 Å². The van der Waals surface area contributed by atoms with Gasteiger partial charge in [-0.25, -0.2) is 13.2 Å². The number of sulfonamides is 1. The van der Waals surface area contributed by atoms with E-state index < -0.39 is 33.2 Å². The Balaban J connectivity index is 1.99. The van der Waals surface area contributed by atoms with Gasteiger partial charge >= 0.3 is 5.97 Å². The van der Waals surface area contributed by atoms with E-state index in [0.717, 1.165) is 12.1 Å². The van der Waals surface area contributed by atoms with E-state index in [1.807, 2.05) is 0 Å². The quantitative estimate of drug-likeness (QED) is 0.462. The Labute approximate surface area is 164 Å². The fraction of sp³-hybridized carbons (Fsp3) is 0.0588. The average Bonchev–Trinajstić information content (AvgIpc) is 3.05. The molecule has 3 aromatic rings. The number of carbonyl (C=O) groups is 2. The first-order chi connectivity index (χ1) is 13.1. The lowest BCUT2D eigenvalue weighted by molar-refractivity contribution is 0.0603. The molecule has 0 aliphatic heterocycles. The van der Waals surface area contributed by atoms with E-state index in [0.29, 0.717) is 16.5 Å². The number of anilines is 1. The molecule has 2 aromatic carbocycles. The molecule has 0 spiro atoms. The molecule has 0 saturated carbocycles. The van der Waals surface area contributed by atoms with Crippen LogP contribution in [0.25, 0.3) is 10.9 Å². The van der Waals surface area contributed by atoms with Gasteiger partial charge in [-0.2, -0.15) is 0 Å². The maximum absolute atomic E-state index is 12.6. The van der Waals surface area contributed by atoms with Crippen molar-refractivity contribution in [2.75, 3.05) is 11.8 Å². The van der Waals surface area contributed by atoms with E-state index in [1.54, 1.807) is 6.07 Å². The number of aromatic amines is 1. The largest absolute Gasteiger partial charge is 0.506 e. The van der Waals surface area contributed by atoms with Gasteiger partial charge in [-0.3, -0.25) is 9.52 Å². The van der Waals surface area contributed by atoms with Crippen molar-refractivity contribution in [3.05, 3.63) is 52.7 Å². The number of hydrogen-bond acceptors (Lipinski definition) is 6. The zero-order chi connectivity index (χ0) is 20.6. The molecule has 0 bridgehead atoms. The summed E-state index contributed by atoms with van der Waals surface area (Å²) in [4.78, 5) is 25.6. The number of primary amides is 1. The highest BCUT2D eigenvalue weighted by Gasteiger charge is 2.21. The average molecular weight is 424 g/mol. The third kappa shape index (κ3) is 3.47. The number of halogens is 1. The van der Waals surface area contributed by atoms with Gasteiger partial charge in [0.15, 0.2) is 0 Å². The number of phenols is 1. The number of esters is 1. The number of benzene rings is 2. The number of hydrogen-bond donors (Lipinski definition) is 4. The van der Waals surface area contributed by atoms with Crippen LogP contribution in [0.5, 0.6) is 5.75 Å². The second-order valence-electron chi connectivity index (χ2n) is 5.73. The lowest BCUT2D eigenvalue weighted by Crippen LogP contribution is -2.16. The molecule has 3 rings (SSSR count). The zero-order valence-corrected chi connectivity index (χ0v) is 15.9. The van der Waals surface area contributed by atoms with E-state index in [2.05, 4.69) is 14.4 Å². The monoisotopic (exact) mass is 423 g/mol. The number of nitrogens with two attached hydrogens (primary N) is 1. The molecule has 0 atom stereocenters. The Morgan fingerprint density at radius 3 is 2.57 bits per heavy atom. The first-order valence-corrected chi connectivity index (χ1v) is 9.54. The van der Waals surface area contributed by atoms with Crippen LogP contribution in [0.4, 0.5) is 5.69 Å². The van der Waals surface area contributed by atoms with Crippen LogP contribution in [0.3, 0.4) is 0 Å². The molecule has 11 heteroatoms. The van der Waals surface area contributed by atoms with Crippen molar-refractivity contribution in [3.63, 3.8) is 0 Å². The highest BCUT2D eigenvalue weighted by atomic mass is 35.5. The van der Waals surface area contributed by atoms with E-state index in [9.17, 15) is 23.1 Å². The van der Waals surface area contributed by atoms with Gasteiger partial charge in [0.2, 0.25) is 0 Å². The van der Waals surface area contributed by atoms with Crippen LogP contribution in [-0.2, 0) is 14.8 Å². The Bertz CT molecular complexity index is 1220. The first kappa shape index (κ1) is 19.5. The summed E-state index contributed by atoms with van der Waals surface area (Å²) in [5.74, 6) is -2.16. The number of ether oxygens (including phenoxy) is 1. The smallest absolute Gasteiger partial charge is 0.340 e. The minimum absolute atomic E-state index is 0.190. The summed E-state index contributed by atoms with van der Waals surface area (Å²) in [5, 5.41) is 9.96. The van der Waals surface area contributed by atoms with Crippen LogP contribution in [-0.4, -0.2) is 37.5 Å². The lowest BCUT2D eigenvalue weighted by Gasteiger charge is -2.11. The maximum atomic E-state index is 12.6. The van der Waals surface area contributed by atoms with Gasteiger partial charge in [-0.15, -0.1) is 0 Å². The number of aromatic nitrogens is 1. The molecule has 9 nitrogen and oxygen atoms in total. The standard InChI is InChI=1S/C17H14ClN3O6S/c1-27-17(24)12-7-20-14-4-8(2-3-10(12)14)21-28(25,26)9-5-11(16(19)23)15(22)13(18)6-9/h2-7,20-22H,1H3,(H2,19,23). The number of amides is 1. The Kier molecular flexibility index (Phi) is 4.92. The van der Waals surface area contributed by atoms with Gasteiger partial charge in [0.05, 0.1) is 33.8 Å². The minimum atomic E-state index is -4.15. The molecule has 0 radical (unpaired) electrons. The lowest BCUT2D eigenvalue weighted by atomic mass is 10.1. The van der Waals surface area contributed by atoms with Crippen molar-refractivity contribution in [2.24, 2.45) is 5.73 Å². The van der Waals surface area contributed by atoms with Gasteiger partial charge in [0, 0.05) is 17.1 Å². The third-order valence-corrected chi connectivity index (χ3v) is 5.60. The van der Waals surface area contributed by atoms with E-state index >= 15 is 0 Å². The van der Waals surface area contributed by atoms with Crippen LogP contribution in [0.15, 0.2) is 41.4 Å². The highest BCUT2D eigenvalue weighted by Crippen LogP contribution is 2.32. The molecule has 0 aliphatic carbocycles. The van der Waals surface area contributed by atoms with E-state index in [-0.39, 0.29) is 15.6 Å². The number of carbonyl (C=O) groups excluding carboxylic acids is 2. The second kappa shape index (κ2) is 7.06. The predicted molar refractivity (Wildman–Crippen MR) is 102 cm³/mol. The molecule has 28 heavy (non-hydrogen) atoms. The minimum Gasteiger partial charge on any atom is -0.506 e. The van der Waals surface area contributed by atoms with Gasteiger partial charge in [-0.05, 0) is 30.3 Å². The second-order valence-corrected chi connectivity index (χ2v) is 7.81. The molecule has 1 heterocycles. The molecule has 5 N–H and O–H groups in total. The molecule has 0 fully saturated rings. The van der Waals surface area contributed by atoms with E-state index in [4.69, 9.17) is 17.3 Å². The first-order valence-electron chi connectivity index (χ1n) is 7.68. The Morgan fingerprint density at radius 1 is 1.21 bits per heavy atom. The number of nitrogens with one attached hydrogen (secondary N) is 2. The molecule has 146 valence electrons. The van der Waals surface area contributed by atoms with Crippen molar-refractivity contribution in [3.8, 4) is 5.75 Å². The summed E-state index contributed by atoms with van der Waals surface area (Å²) in [6.45, 7) is 0. The van der Waals surface area contributed by atoms with Crippen molar-refractivity contribution in [1.82, 2.24) is 4.98 Å². The zero-order valence-electron chi connectivity index (χ0n) is 14.3. The van der Waals surface area contributed by atoms with Gasteiger partial charge in [0.1, 0.15) is 5.75 Å². The topological polar surface area (TPSA) is 152 Å². The summed E-state index contributed by atoms with van der Waals surface area (Å²) in [6.07, 6.45) is 1.45. The summed E-state index contributed by atoms with van der Waals surface area (Å²) >= 11 is 5.80. The van der Waals surface area contributed by atoms with Crippen molar-refractivity contribution < 1.29 is 27.9 Å². The van der Waals surface area contributed by atoms with Crippen LogP contribution < -0.4 is 10.5 Å². The molecule has 1 aromatic heterocycles. The van der Waals surface area contributed by atoms with Crippen molar-refractivity contribution >= 4 is 50.1 Å². The maximum Gasteiger partial charge on any atom is 0.340 e. The van der Waals surface area contributed by atoms with Gasteiger partial charge in [-0.1, -0.05) is 11.6 Å². The fourth-order valence-electron chi connectivity index (χ4n) is 2.60. The normalized spacial score (nSPS) is 11.4. The number of H-pyrrole nitrogens is 1. The van der Waals surface area contributed by atoms with Gasteiger partial charge in [0.25, 0.3) is 15.9 Å². The van der Waals surface area contributed by atoms with Crippen LogP contribution in [0.1, 0.15) is 20.7 Å². The van der Waals surface area contributed by atoms with Crippen molar-refractivity contribution in [1.29, 1.82) is 0 Å².